The molecule has 0 saturated carbocycles. The van der Waals surface area contributed by atoms with E-state index in [0.717, 1.165) is 5.56 Å². The first-order chi connectivity index (χ1) is 8.13. The lowest BCUT2D eigenvalue weighted by Gasteiger charge is -2.14. The van der Waals surface area contributed by atoms with Crippen LogP contribution in [0, 0.1) is 5.92 Å². The predicted octanol–water partition coefficient (Wildman–Crippen LogP) is 0.609. The maximum absolute atomic E-state index is 11.4. The van der Waals surface area contributed by atoms with E-state index >= 15 is 0 Å². The molecule has 1 fully saturated rings. The number of rotatable bonds is 3. The number of hydrogen-bond donors (Lipinski definition) is 2. The van der Waals surface area contributed by atoms with Crippen molar-refractivity contribution in [1.29, 1.82) is 0 Å². The molecule has 2 N–H and O–H groups in total. The number of ether oxygens (including phenoxy) is 1. The van der Waals surface area contributed by atoms with E-state index < -0.39 is 17.8 Å². The standard InChI is InChI=1S/C12H13NO4/c1-17-8-4-2-3-7(5-8)9-6-13-11(14)10(9)12(15)16/h2-5,9-10H,6H2,1H3,(H,13,14)(H,15,16). The van der Waals surface area contributed by atoms with Gasteiger partial charge in [-0.25, -0.2) is 0 Å². The zero-order chi connectivity index (χ0) is 12.4. The topological polar surface area (TPSA) is 75.6 Å². The van der Waals surface area contributed by atoms with Crippen LogP contribution < -0.4 is 10.1 Å². The second kappa shape index (κ2) is 4.45. The average Bonchev–Trinajstić information content (AvgIpc) is 2.71. The third kappa shape index (κ3) is 2.08. The fraction of sp³-hybridized carbons (Fsp3) is 0.333. The first-order valence-electron chi connectivity index (χ1n) is 5.28. The third-order valence-corrected chi connectivity index (χ3v) is 2.97. The number of aliphatic carboxylic acids is 1. The van der Waals surface area contributed by atoms with Crippen LogP contribution in [0.3, 0.4) is 0 Å². The molecule has 0 radical (unpaired) electrons. The number of amides is 1. The highest BCUT2D eigenvalue weighted by molar-refractivity contribution is 5.99. The minimum absolute atomic E-state index is 0.338. The van der Waals surface area contributed by atoms with Crippen molar-refractivity contribution < 1.29 is 19.4 Å². The molecule has 5 nitrogen and oxygen atoms in total. The maximum atomic E-state index is 11.4. The number of carbonyl (C=O) groups is 2. The number of methoxy groups -OCH3 is 1. The van der Waals surface area contributed by atoms with E-state index in [1.807, 2.05) is 6.07 Å². The molecule has 0 spiro atoms. The average molecular weight is 235 g/mol. The van der Waals surface area contributed by atoms with Gasteiger partial charge in [0.15, 0.2) is 0 Å². The molecule has 1 amide bonds. The van der Waals surface area contributed by atoms with Crippen LogP contribution in [0.2, 0.25) is 0 Å². The Hall–Kier alpha value is -2.04. The summed E-state index contributed by atoms with van der Waals surface area (Å²) < 4.78 is 5.08. The summed E-state index contributed by atoms with van der Waals surface area (Å²) in [5.74, 6) is -2.21. The van der Waals surface area contributed by atoms with E-state index in [4.69, 9.17) is 9.84 Å². The van der Waals surface area contributed by atoms with E-state index in [1.165, 1.54) is 0 Å². The molecule has 0 aromatic heterocycles. The van der Waals surface area contributed by atoms with Crippen molar-refractivity contribution in [1.82, 2.24) is 5.32 Å². The molecule has 90 valence electrons. The number of hydrogen-bond acceptors (Lipinski definition) is 3. The molecular formula is C12H13NO4. The van der Waals surface area contributed by atoms with Gasteiger partial charge < -0.3 is 15.2 Å². The van der Waals surface area contributed by atoms with Crippen LogP contribution in [0.4, 0.5) is 0 Å². The van der Waals surface area contributed by atoms with Crippen molar-refractivity contribution in [2.24, 2.45) is 5.92 Å². The lowest BCUT2D eigenvalue weighted by atomic mass is 9.88. The van der Waals surface area contributed by atoms with Crippen LogP contribution in [-0.2, 0) is 9.59 Å². The number of carboxylic acid groups (broad SMARTS) is 1. The van der Waals surface area contributed by atoms with Crippen molar-refractivity contribution >= 4 is 11.9 Å². The lowest BCUT2D eigenvalue weighted by molar-refractivity contribution is -0.145. The number of nitrogens with one attached hydrogen (secondary N) is 1. The normalized spacial score (nSPS) is 23.2. The fourth-order valence-electron chi connectivity index (χ4n) is 2.09. The van der Waals surface area contributed by atoms with E-state index in [0.29, 0.717) is 12.3 Å². The molecule has 17 heavy (non-hydrogen) atoms. The number of benzene rings is 1. The smallest absolute Gasteiger partial charge is 0.316 e. The summed E-state index contributed by atoms with van der Waals surface area (Å²) in [7, 11) is 1.55. The van der Waals surface area contributed by atoms with E-state index in [1.54, 1.807) is 25.3 Å². The van der Waals surface area contributed by atoms with Crippen molar-refractivity contribution in [3.8, 4) is 5.75 Å². The second-order valence-electron chi connectivity index (χ2n) is 3.94. The summed E-state index contributed by atoms with van der Waals surface area (Å²) in [5, 5.41) is 11.6. The van der Waals surface area contributed by atoms with Gasteiger partial charge in [-0.1, -0.05) is 12.1 Å². The van der Waals surface area contributed by atoms with Gasteiger partial charge in [0.1, 0.15) is 11.7 Å². The quantitative estimate of drug-likeness (QED) is 0.753. The van der Waals surface area contributed by atoms with Crippen LogP contribution in [0.1, 0.15) is 11.5 Å². The Morgan fingerprint density at radius 3 is 2.94 bits per heavy atom. The van der Waals surface area contributed by atoms with Gasteiger partial charge in [0, 0.05) is 12.5 Å². The Morgan fingerprint density at radius 2 is 2.29 bits per heavy atom. The Balaban J connectivity index is 2.32. The molecule has 1 aromatic rings. The van der Waals surface area contributed by atoms with Gasteiger partial charge in [-0.2, -0.15) is 0 Å². The first kappa shape index (κ1) is 11.4. The van der Waals surface area contributed by atoms with Crippen molar-refractivity contribution in [2.45, 2.75) is 5.92 Å². The number of carbonyl (C=O) groups excluding carboxylic acids is 1. The maximum Gasteiger partial charge on any atom is 0.316 e. The third-order valence-electron chi connectivity index (χ3n) is 2.97. The Kier molecular flexibility index (Phi) is 2.99. The van der Waals surface area contributed by atoms with E-state index in [-0.39, 0.29) is 5.92 Å². The molecule has 5 heteroatoms. The van der Waals surface area contributed by atoms with Gasteiger partial charge in [0.2, 0.25) is 5.91 Å². The highest BCUT2D eigenvalue weighted by Crippen LogP contribution is 2.30. The molecule has 0 aliphatic carbocycles. The molecule has 0 bridgehead atoms. The van der Waals surface area contributed by atoms with Crippen LogP contribution in [0.5, 0.6) is 5.75 Å². The van der Waals surface area contributed by atoms with Crippen LogP contribution in [0.25, 0.3) is 0 Å². The van der Waals surface area contributed by atoms with Crippen molar-refractivity contribution in [3.05, 3.63) is 29.8 Å². The summed E-state index contributed by atoms with van der Waals surface area (Å²) in [5.41, 5.74) is 0.801. The molecule has 2 unspecified atom stereocenters. The highest BCUT2D eigenvalue weighted by atomic mass is 16.5. The summed E-state index contributed by atoms with van der Waals surface area (Å²) in [6, 6.07) is 7.14. The summed E-state index contributed by atoms with van der Waals surface area (Å²) in [6.07, 6.45) is 0. The molecule has 1 aliphatic heterocycles. The minimum atomic E-state index is -1.09. The van der Waals surface area contributed by atoms with Crippen molar-refractivity contribution in [2.75, 3.05) is 13.7 Å². The molecule has 1 heterocycles. The van der Waals surface area contributed by atoms with Gasteiger partial charge in [0.05, 0.1) is 7.11 Å². The predicted molar refractivity (Wildman–Crippen MR) is 59.9 cm³/mol. The largest absolute Gasteiger partial charge is 0.497 e. The van der Waals surface area contributed by atoms with Crippen molar-refractivity contribution in [3.63, 3.8) is 0 Å². The van der Waals surface area contributed by atoms with Gasteiger partial charge in [-0.3, -0.25) is 9.59 Å². The summed E-state index contributed by atoms with van der Waals surface area (Å²) in [6.45, 7) is 0.350. The minimum Gasteiger partial charge on any atom is -0.497 e. The molecule has 1 aliphatic rings. The van der Waals surface area contributed by atoms with Gasteiger partial charge in [-0.15, -0.1) is 0 Å². The van der Waals surface area contributed by atoms with Crippen LogP contribution in [-0.4, -0.2) is 30.6 Å². The van der Waals surface area contributed by atoms with E-state index in [2.05, 4.69) is 5.32 Å². The van der Waals surface area contributed by atoms with Crippen LogP contribution in [0.15, 0.2) is 24.3 Å². The zero-order valence-electron chi connectivity index (χ0n) is 9.34. The summed E-state index contributed by atoms with van der Waals surface area (Å²) in [4.78, 5) is 22.5. The zero-order valence-corrected chi connectivity index (χ0v) is 9.34. The van der Waals surface area contributed by atoms with Crippen LogP contribution >= 0.6 is 0 Å². The van der Waals surface area contributed by atoms with Gasteiger partial charge >= 0.3 is 5.97 Å². The first-order valence-corrected chi connectivity index (χ1v) is 5.28. The Labute approximate surface area is 98.4 Å². The SMILES string of the molecule is COc1cccc(C2CNC(=O)C2C(=O)O)c1. The summed E-state index contributed by atoms with van der Waals surface area (Å²) >= 11 is 0. The molecule has 2 rings (SSSR count). The Bertz CT molecular complexity index is 458. The van der Waals surface area contributed by atoms with Gasteiger partial charge in [0.25, 0.3) is 0 Å². The number of carboxylic acids is 1. The highest BCUT2D eigenvalue weighted by Gasteiger charge is 2.41. The van der Waals surface area contributed by atoms with E-state index in [9.17, 15) is 9.59 Å². The molecule has 1 aromatic carbocycles. The van der Waals surface area contributed by atoms with Gasteiger partial charge in [-0.05, 0) is 17.7 Å². The second-order valence-corrected chi connectivity index (χ2v) is 3.94. The molecular weight excluding hydrogens is 222 g/mol. The Morgan fingerprint density at radius 1 is 1.53 bits per heavy atom. The fourth-order valence-corrected chi connectivity index (χ4v) is 2.09. The molecule has 2 atom stereocenters. The molecule has 1 saturated heterocycles. The lowest BCUT2D eigenvalue weighted by Crippen LogP contribution is -2.26. The monoisotopic (exact) mass is 235 g/mol.